The highest BCUT2D eigenvalue weighted by Gasteiger charge is 2.15. The van der Waals surface area contributed by atoms with Crippen LogP contribution in [0.4, 0.5) is 0 Å². The topological polar surface area (TPSA) is 35.2 Å². The van der Waals surface area contributed by atoms with Crippen LogP contribution in [0.1, 0.15) is 37.7 Å². The fourth-order valence-corrected chi connectivity index (χ4v) is 2.71. The molecule has 0 radical (unpaired) electrons. The van der Waals surface area contributed by atoms with Gasteiger partial charge >= 0.3 is 0 Å². The molecule has 1 aliphatic carbocycles. The van der Waals surface area contributed by atoms with E-state index in [1.807, 2.05) is 6.07 Å². The van der Waals surface area contributed by atoms with Crippen molar-refractivity contribution in [2.24, 2.45) is 11.7 Å². The van der Waals surface area contributed by atoms with Crippen molar-refractivity contribution in [3.63, 3.8) is 0 Å². The first-order valence-corrected chi connectivity index (χ1v) is 7.17. The summed E-state index contributed by atoms with van der Waals surface area (Å²) in [5.74, 6) is 1.36. The molecule has 18 heavy (non-hydrogen) atoms. The van der Waals surface area contributed by atoms with Gasteiger partial charge in [-0.1, -0.05) is 43.1 Å². The first kappa shape index (κ1) is 13.6. The van der Waals surface area contributed by atoms with Crippen LogP contribution >= 0.6 is 23.8 Å². The number of nitrogens with two attached hydrogens (primary N) is 1. The zero-order chi connectivity index (χ0) is 13.0. The van der Waals surface area contributed by atoms with Crippen molar-refractivity contribution < 1.29 is 4.74 Å². The number of ether oxygens (including phenoxy) is 1. The second-order valence-corrected chi connectivity index (χ2v) is 5.70. The molecule has 1 saturated carbocycles. The monoisotopic (exact) mass is 283 g/mol. The third-order valence-electron chi connectivity index (χ3n) is 3.41. The lowest BCUT2D eigenvalue weighted by molar-refractivity contribution is 0.208. The van der Waals surface area contributed by atoms with Crippen molar-refractivity contribution in [2.45, 2.75) is 32.1 Å². The Bertz CT molecular complexity index is 430. The average molecular weight is 284 g/mol. The molecule has 0 aliphatic heterocycles. The molecule has 4 heteroatoms. The Balaban J connectivity index is 2.03. The molecule has 0 unspecified atom stereocenters. The van der Waals surface area contributed by atoms with E-state index < -0.39 is 0 Å². The zero-order valence-corrected chi connectivity index (χ0v) is 11.9. The van der Waals surface area contributed by atoms with Crippen molar-refractivity contribution >= 4 is 28.8 Å². The second kappa shape index (κ2) is 6.39. The molecule has 0 saturated heterocycles. The SMILES string of the molecule is NC(=S)c1ccc(Cl)cc1OCC1CCCCC1. The molecule has 1 aromatic rings. The maximum Gasteiger partial charge on any atom is 0.130 e. The van der Waals surface area contributed by atoms with Crippen LogP contribution in [0.5, 0.6) is 5.75 Å². The van der Waals surface area contributed by atoms with E-state index >= 15 is 0 Å². The Kier molecular flexibility index (Phi) is 4.84. The van der Waals surface area contributed by atoms with Gasteiger partial charge in [-0.05, 0) is 37.0 Å². The molecule has 0 aromatic heterocycles. The van der Waals surface area contributed by atoms with Crippen LogP contribution in [0.3, 0.4) is 0 Å². The number of thiocarbonyl (C=S) groups is 1. The summed E-state index contributed by atoms with van der Waals surface area (Å²) in [4.78, 5) is 0.352. The molecule has 1 fully saturated rings. The largest absolute Gasteiger partial charge is 0.493 e. The Morgan fingerprint density at radius 1 is 1.33 bits per heavy atom. The second-order valence-electron chi connectivity index (χ2n) is 4.82. The Morgan fingerprint density at radius 2 is 2.06 bits per heavy atom. The fourth-order valence-electron chi connectivity index (χ4n) is 2.38. The van der Waals surface area contributed by atoms with Crippen LogP contribution in [0.25, 0.3) is 0 Å². The molecule has 0 bridgehead atoms. The molecule has 0 atom stereocenters. The van der Waals surface area contributed by atoms with Gasteiger partial charge in [-0.25, -0.2) is 0 Å². The lowest BCUT2D eigenvalue weighted by Gasteiger charge is -2.22. The van der Waals surface area contributed by atoms with Crippen LogP contribution in [0.15, 0.2) is 18.2 Å². The standard InChI is InChI=1S/C14H18ClNOS/c15-11-6-7-12(14(16)18)13(8-11)17-9-10-4-2-1-3-5-10/h6-8,10H,1-5,9H2,(H2,16,18). The minimum atomic E-state index is 0.352. The number of hydrogen-bond donors (Lipinski definition) is 1. The van der Waals surface area contributed by atoms with Gasteiger partial charge in [0.2, 0.25) is 0 Å². The van der Waals surface area contributed by atoms with E-state index in [9.17, 15) is 0 Å². The third-order valence-corrected chi connectivity index (χ3v) is 3.86. The summed E-state index contributed by atoms with van der Waals surface area (Å²) in [7, 11) is 0. The summed E-state index contributed by atoms with van der Waals surface area (Å²) >= 11 is 11.0. The Morgan fingerprint density at radius 3 is 2.72 bits per heavy atom. The average Bonchev–Trinajstić information content (AvgIpc) is 2.37. The molecule has 1 aromatic carbocycles. The van der Waals surface area contributed by atoms with E-state index in [1.165, 1.54) is 32.1 Å². The Labute approximate surface area is 118 Å². The van der Waals surface area contributed by atoms with Gasteiger partial charge in [0.05, 0.1) is 12.2 Å². The van der Waals surface area contributed by atoms with Gasteiger partial charge in [-0.2, -0.15) is 0 Å². The number of rotatable bonds is 4. The molecular weight excluding hydrogens is 266 g/mol. The van der Waals surface area contributed by atoms with Crippen molar-refractivity contribution in [3.8, 4) is 5.75 Å². The molecule has 0 amide bonds. The summed E-state index contributed by atoms with van der Waals surface area (Å²) in [6, 6.07) is 5.39. The van der Waals surface area contributed by atoms with Gasteiger partial charge in [0.1, 0.15) is 10.7 Å². The number of benzene rings is 1. The van der Waals surface area contributed by atoms with E-state index in [2.05, 4.69) is 0 Å². The van der Waals surface area contributed by atoms with E-state index in [-0.39, 0.29) is 0 Å². The van der Waals surface area contributed by atoms with Gasteiger partial charge in [0, 0.05) is 5.02 Å². The lowest BCUT2D eigenvalue weighted by Crippen LogP contribution is -2.17. The molecule has 98 valence electrons. The van der Waals surface area contributed by atoms with Crippen LogP contribution in [0, 0.1) is 5.92 Å². The van der Waals surface area contributed by atoms with E-state index in [1.54, 1.807) is 12.1 Å². The summed E-state index contributed by atoms with van der Waals surface area (Å²) in [6.45, 7) is 0.732. The number of hydrogen-bond acceptors (Lipinski definition) is 2. The summed E-state index contributed by atoms with van der Waals surface area (Å²) < 4.78 is 5.87. The smallest absolute Gasteiger partial charge is 0.130 e. The minimum Gasteiger partial charge on any atom is -0.493 e. The third kappa shape index (κ3) is 3.59. The van der Waals surface area contributed by atoms with Gasteiger partial charge in [-0.15, -0.1) is 0 Å². The predicted octanol–water partition coefficient (Wildman–Crippen LogP) is 3.93. The highest BCUT2D eigenvalue weighted by molar-refractivity contribution is 7.80. The predicted molar refractivity (Wildman–Crippen MR) is 79.4 cm³/mol. The van der Waals surface area contributed by atoms with Crippen LogP contribution in [-0.2, 0) is 0 Å². The van der Waals surface area contributed by atoms with Crippen molar-refractivity contribution in [2.75, 3.05) is 6.61 Å². The highest BCUT2D eigenvalue weighted by Crippen LogP contribution is 2.27. The van der Waals surface area contributed by atoms with Gasteiger partial charge < -0.3 is 10.5 Å². The number of halogens is 1. The highest BCUT2D eigenvalue weighted by atomic mass is 35.5. The molecule has 2 N–H and O–H groups in total. The fraction of sp³-hybridized carbons (Fsp3) is 0.500. The van der Waals surface area contributed by atoms with Crippen LogP contribution < -0.4 is 10.5 Å². The first-order chi connectivity index (χ1) is 8.66. The van der Waals surface area contributed by atoms with E-state index in [4.69, 9.17) is 34.3 Å². The quantitative estimate of drug-likeness (QED) is 0.850. The van der Waals surface area contributed by atoms with E-state index in [0.29, 0.717) is 21.7 Å². The Hall–Kier alpha value is -0.800. The van der Waals surface area contributed by atoms with Gasteiger partial charge in [0.25, 0.3) is 0 Å². The summed E-state index contributed by atoms with van der Waals surface area (Å²) in [5, 5.41) is 0.647. The maximum absolute atomic E-state index is 5.98. The zero-order valence-electron chi connectivity index (χ0n) is 10.3. The molecule has 0 heterocycles. The van der Waals surface area contributed by atoms with Crippen molar-refractivity contribution in [1.82, 2.24) is 0 Å². The molecule has 1 aliphatic rings. The van der Waals surface area contributed by atoms with Crippen molar-refractivity contribution in [1.29, 1.82) is 0 Å². The normalized spacial score (nSPS) is 16.5. The van der Waals surface area contributed by atoms with E-state index in [0.717, 1.165) is 12.2 Å². The molecule has 2 nitrogen and oxygen atoms in total. The summed E-state index contributed by atoms with van der Waals surface area (Å²) in [5.41, 5.74) is 6.45. The maximum atomic E-state index is 5.98. The van der Waals surface area contributed by atoms with Crippen molar-refractivity contribution in [3.05, 3.63) is 28.8 Å². The van der Waals surface area contributed by atoms with Gasteiger partial charge in [0.15, 0.2) is 0 Å². The van der Waals surface area contributed by atoms with Crippen LogP contribution in [0.2, 0.25) is 5.02 Å². The molecular formula is C14H18ClNOS. The minimum absolute atomic E-state index is 0.352. The molecule has 0 spiro atoms. The lowest BCUT2D eigenvalue weighted by atomic mass is 9.90. The van der Waals surface area contributed by atoms with Gasteiger partial charge in [-0.3, -0.25) is 0 Å². The van der Waals surface area contributed by atoms with Crippen LogP contribution in [-0.4, -0.2) is 11.6 Å². The first-order valence-electron chi connectivity index (χ1n) is 6.39. The summed E-state index contributed by atoms with van der Waals surface area (Å²) in [6.07, 6.45) is 6.48. The molecule has 2 rings (SSSR count).